The molecule has 0 aliphatic heterocycles. The maximum absolute atomic E-state index is 13.6. The molecule has 2 aromatic carbocycles. The molecule has 0 bridgehead atoms. The second-order valence-corrected chi connectivity index (χ2v) is 81.0. The standard InChI is InChI=1S/C24H24O2S2Si2.C15H23S2Si2.C14H22S2Si2.3C4H9.Sn/c1-29(2,3)17-11-15-19-20(22(26)14-10-8-7-9-13(14)21(19)25)16-12-18(30(4,5)6)28-24(16)23(15)27-17;1-11-10-14(19(5,6)7)17-15(11)12-8-9-13(16-12)18(2,3)4;1-17(2,3)13-9-7-11(15-13)12-8-10-14(16-12)18(4,5)6;3*1-3-4-2;/h7-12H,1-6H3;9-10H,1-7H3;7-10H,1-6H3;3*1,3-4H2,2H3;. The summed E-state index contributed by atoms with van der Waals surface area (Å²) < 4.78 is 18.5. The minimum absolute atomic E-state index is 0.00669. The van der Waals surface area contributed by atoms with E-state index in [1.54, 1.807) is 58.8 Å². The van der Waals surface area contributed by atoms with Gasteiger partial charge in [0.05, 0.1) is 41.7 Å². The van der Waals surface area contributed by atoms with Crippen molar-refractivity contribution in [3.8, 4) is 19.5 Å². The molecular weight excluding hydrogens is 1290 g/mol. The molecule has 6 heterocycles. The zero-order valence-electron chi connectivity index (χ0n) is 53.1. The summed E-state index contributed by atoms with van der Waals surface area (Å²) in [4.78, 5) is 33.6. The largest absolute Gasteiger partial charge is 0.289 e. The van der Waals surface area contributed by atoms with Crippen molar-refractivity contribution in [2.75, 3.05) is 0 Å². The molecule has 0 fully saturated rings. The van der Waals surface area contributed by atoms with Crippen LogP contribution >= 0.6 is 68.0 Å². The fourth-order valence-electron chi connectivity index (χ4n) is 10.6. The Bertz CT molecular complexity index is 3310. The van der Waals surface area contributed by atoms with E-state index in [0.717, 1.165) is 10.8 Å². The molecule has 1 aliphatic carbocycles. The predicted octanol–water partition coefficient (Wildman–Crippen LogP) is 19.5. The predicted molar refractivity (Wildman–Crippen MR) is 393 cm³/mol. The molecule has 9 rings (SSSR count). The number of unbranched alkanes of at least 4 members (excludes halogenated alkanes) is 3. The van der Waals surface area contributed by atoms with E-state index in [0.29, 0.717) is 22.3 Å². The van der Waals surface area contributed by atoms with Gasteiger partial charge in [0.15, 0.2) is 11.6 Å². The number of hydrogen-bond donors (Lipinski definition) is 0. The Labute approximate surface area is 518 Å². The van der Waals surface area contributed by atoms with Gasteiger partial charge in [0.2, 0.25) is 0 Å². The fourth-order valence-corrected chi connectivity index (χ4v) is 48.1. The Morgan fingerprint density at radius 3 is 1.05 bits per heavy atom. The van der Waals surface area contributed by atoms with Crippen molar-refractivity contribution < 1.29 is 9.59 Å². The number of rotatable bonds is 18. The van der Waals surface area contributed by atoms with E-state index in [2.05, 4.69) is 217 Å². The first-order chi connectivity index (χ1) is 37.0. The van der Waals surface area contributed by atoms with Gasteiger partial charge in [-0.25, -0.2) is 0 Å². The zero-order chi connectivity index (χ0) is 59.3. The minimum Gasteiger partial charge on any atom is -0.289 e. The van der Waals surface area contributed by atoms with Gasteiger partial charge in [-0.05, 0) is 42.3 Å². The number of hydrogen-bond acceptors (Lipinski definition) is 8. The third-order valence-electron chi connectivity index (χ3n) is 15.7. The Hall–Kier alpha value is -1.40. The van der Waals surface area contributed by atoms with Crippen molar-refractivity contribution >= 4 is 197 Å². The van der Waals surface area contributed by atoms with E-state index in [9.17, 15) is 9.59 Å². The average molecular weight is 1390 g/mol. The van der Waals surface area contributed by atoms with Gasteiger partial charge in [-0.1, -0.05) is 115 Å². The van der Waals surface area contributed by atoms with Crippen LogP contribution in [0.15, 0.2) is 72.8 Å². The first kappa shape index (κ1) is 66.1. The molecule has 0 saturated carbocycles. The molecular formula is C65H96O2S6Si6Sn. The zero-order valence-corrected chi connectivity index (χ0v) is 66.8. The number of fused-ring (bicyclic) bond motifs is 7. The normalized spacial score (nSPS) is 13.6. The molecule has 0 unspecified atom stereocenters. The van der Waals surface area contributed by atoms with Crippen molar-refractivity contribution in [1.29, 1.82) is 0 Å². The van der Waals surface area contributed by atoms with E-state index in [1.165, 1.54) is 66.7 Å². The molecule has 0 atom stereocenters. The first-order valence-electron chi connectivity index (χ1n) is 29.7. The van der Waals surface area contributed by atoms with Crippen LogP contribution < -0.4 is 30.6 Å². The van der Waals surface area contributed by atoms with E-state index in [-0.39, 0.29) is 11.6 Å². The van der Waals surface area contributed by atoms with Crippen molar-refractivity contribution in [3.05, 3.63) is 101 Å². The summed E-state index contributed by atoms with van der Waals surface area (Å²) in [6, 6.07) is 26.4. The van der Waals surface area contributed by atoms with E-state index >= 15 is 0 Å². The summed E-state index contributed by atoms with van der Waals surface area (Å²) >= 11 is 9.58. The number of ketones is 2. The number of thiophene rings is 6. The Balaban J connectivity index is 0.000000180. The number of carbonyl (C=O) groups excluding carboxylic acids is 2. The second-order valence-electron chi connectivity index (χ2n) is 29.1. The van der Waals surface area contributed by atoms with E-state index in [1.807, 2.05) is 61.1 Å². The number of benzene rings is 2. The van der Waals surface area contributed by atoms with Gasteiger partial charge in [-0.15, -0.1) is 45.3 Å². The molecule has 0 radical (unpaired) electrons. The topological polar surface area (TPSA) is 34.1 Å². The Morgan fingerprint density at radius 2 is 0.725 bits per heavy atom. The van der Waals surface area contributed by atoms with Crippen LogP contribution in [-0.2, 0) is 0 Å². The van der Waals surface area contributed by atoms with Crippen LogP contribution in [0.2, 0.25) is 131 Å². The van der Waals surface area contributed by atoms with Gasteiger partial charge in [0.1, 0.15) is 0 Å². The van der Waals surface area contributed by atoms with Crippen LogP contribution in [0.1, 0.15) is 96.7 Å². The van der Waals surface area contributed by atoms with Crippen LogP contribution in [0.25, 0.3) is 39.7 Å². The molecule has 0 saturated heterocycles. The van der Waals surface area contributed by atoms with Crippen molar-refractivity contribution in [3.63, 3.8) is 0 Å². The third kappa shape index (κ3) is 14.7. The van der Waals surface area contributed by atoms with Gasteiger partial charge in [0, 0.05) is 42.8 Å². The summed E-state index contributed by atoms with van der Waals surface area (Å²) in [5, 5.41) is 1.97. The third-order valence-corrected chi connectivity index (χ3v) is 60.7. The molecule has 2 nitrogen and oxygen atoms in total. The minimum atomic E-state index is -2.50. The summed E-state index contributed by atoms with van der Waals surface area (Å²) in [5.74, 6) is -0.0134. The summed E-state index contributed by atoms with van der Waals surface area (Å²) in [5.41, 5.74) is 3.89. The van der Waals surface area contributed by atoms with E-state index < -0.39 is 66.8 Å². The molecule has 80 heavy (non-hydrogen) atoms. The van der Waals surface area contributed by atoms with Gasteiger partial charge in [-0.2, -0.15) is 0 Å². The first-order valence-corrected chi connectivity index (χ1v) is 63.1. The van der Waals surface area contributed by atoms with Crippen LogP contribution in [0, 0.1) is 6.92 Å². The van der Waals surface area contributed by atoms with Crippen molar-refractivity contribution in [1.82, 2.24) is 0 Å². The molecule has 6 aromatic heterocycles. The summed E-state index contributed by atoms with van der Waals surface area (Å²) in [6.45, 7) is 53.4. The van der Waals surface area contributed by atoms with Crippen molar-refractivity contribution in [2.24, 2.45) is 0 Å². The van der Waals surface area contributed by atoms with Crippen LogP contribution in [0.5, 0.6) is 0 Å². The molecule has 0 amide bonds. The van der Waals surface area contributed by atoms with E-state index in [4.69, 9.17) is 0 Å². The maximum atomic E-state index is 13.6. The molecule has 15 heteroatoms. The smallest absolute Gasteiger partial charge is 0.195 e. The summed E-state index contributed by atoms with van der Waals surface area (Å²) in [6.07, 6.45) is 8.42. The SMILES string of the molecule is CCC[CH2][Sn]([CH2]CCC)([CH2]CCC)[c]1cc([Si](C)(C)C)sc1-c1sc([Si](C)(C)C)cc1C.C[Si](C)(C)c1cc2c3c(c4cc([Si](C)(C)C)sc4c2s1)C(=O)c1ccccc1C3=O.C[Si](C)(C)c1ccc(-c2ccc([Si](C)(C)C)s2)s1. The molecule has 432 valence electrons. The van der Waals surface area contributed by atoms with Crippen LogP contribution in [-0.4, -0.2) is 78.4 Å². The Morgan fingerprint density at radius 1 is 0.388 bits per heavy atom. The maximum Gasteiger partial charge on any atom is 0.195 e. The van der Waals surface area contributed by atoms with Crippen LogP contribution in [0.3, 0.4) is 0 Å². The molecule has 8 aromatic rings. The van der Waals surface area contributed by atoms with Crippen LogP contribution in [0.4, 0.5) is 0 Å². The molecule has 0 N–H and O–H groups in total. The van der Waals surface area contributed by atoms with Gasteiger partial charge in [0.25, 0.3) is 0 Å². The second kappa shape index (κ2) is 25.5. The van der Waals surface area contributed by atoms with Gasteiger partial charge < -0.3 is 0 Å². The fraction of sp³-hybridized carbons (Fsp3) is 0.477. The Kier molecular flexibility index (Phi) is 21.1. The molecule has 1 aliphatic rings. The molecule has 0 spiro atoms. The average Bonchev–Trinajstić information content (AvgIpc) is 4.29. The quantitative estimate of drug-likeness (QED) is 0.0803. The van der Waals surface area contributed by atoms with Gasteiger partial charge >= 0.3 is 216 Å². The summed E-state index contributed by atoms with van der Waals surface area (Å²) in [7, 11) is -8.01. The van der Waals surface area contributed by atoms with Crippen molar-refractivity contribution in [2.45, 2.75) is 197 Å². The number of aryl methyl sites for hydroxylation is 1. The van der Waals surface area contributed by atoms with Gasteiger partial charge in [-0.3, -0.25) is 9.59 Å². The number of carbonyl (C=O) groups is 2. The monoisotopic (exact) mass is 1390 g/mol.